The first-order chi connectivity index (χ1) is 22.5. The van der Waals surface area contributed by atoms with Crippen molar-refractivity contribution >= 4 is 17.1 Å². The Labute approximate surface area is 284 Å². The molecule has 3 saturated carbocycles. The normalized spacial score (nSPS) is 22.8. The third kappa shape index (κ3) is 8.23. The molecule has 1 heterocycles. The van der Waals surface area contributed by atoms with Crippen LogP contribution in [0.2, 0.25) is 0 Å². The fraction of sp³-hybridized carbons (Fsp3) is 0.500. The van der Waals surface area contributed by atoms with Gasteiger partial charge in [-0.05, 0) is 125 Å². The van der Waals surface area contributed by atoms with Gasteiger partial charge in [0.1, 0.15) is 5.78 Å². The van der Waals surface area contributed by atoms with Crippen LogP contribution in [0.5, 0.6) is 0 Å². The van der Waals surface area contributed by atoms with Crippen LogP contribution in [0.1, 0.15) is 114 Å². The molecular weight excluding hydrogens is 574 g/mol. The first-order valence-electron chi connectivity index (χ1n) is 18.2. The molecule has 4 fully saturated rings. The first-order valence-corrected chi connectivity index (χ1v) is 18.2. The summed E-state index contributed by atoms with van der Waals surface area (Å²) in [6.07, 6.45) is 15.8. The van der Waals surface area contributed by atoms with Crippen LogP contribution in [-0.2, 0) is 9.59 Å². The second-order valence-corrected chi connectivity index (χ2v) is 15.4. The van der Waals surface area contributed by atoms with Gasteiger partial charge in [-0.15, -0.1) is 0 Å². The summed E-state index contributed by atoms with van der Waals surface area (Å²) >= 11 is 0. The van der Waals surface area contributed by atoms with E-state index in [0.717, 1.165) is 49.7 Å². The van der Waals surface area contributed by atoms with E-state index in [-0.39, 0.29) is 11.7 Å². The molecule has 3 nitrogen and oxygen atoms in total. The van der Waals surface area contributed by atoms with Crippen LogP contribution >= 0.6 is 0 Å². The lowest BCUT2D eigenvalue weighted by molar-refractivity contribution is -0.130. The lowest BCUT2D eigenvalue weighted by Gasteiger charge is -2.56. The molecular formula is C44H57NO2. The summed E-state index contributed by atoms with van der Waals surface area (Å²) in [7, 11) is 2.23. The lowest BCUT2D eigenvalue weighted by Crippen LogP contribution is -2.58. The number of benzene rings is 2. The fourth-order valence-corrected chi connectivity index (χ4v) is 8.33. The Bertz CT molecular complexity index is 1510. The second kappa shape index (κ2) is 15.3. The maximum Gasteiger partial charge on any atom is 0.159 e. The molecule has 0 aromatic heterocycles. The zero-order chi connectivity index (χ0) is 33.7. The summed E-state index contributed by atoms with van der Waals surface area (Å²) in [4.78, 5) is 26.4. The molecule has 0 bridgehead atoms. The van der Waals surface area contributed by atoms with Crippen molar-refractivity contribution in [3.63, 3.8) is 0 Å². The Balaban J connectivity index is 0.000000186. The Kier molecular flexibility index (Phi) is 11.4. The number of rotatable bonds is 9. The number of likely N-dealkylation sites (tertiary alicyclic amines) is 1. The zero-order valence-electron chi connectivity index (χ0n) is 29.9. The monoisotopic (exact) mass is 631 g/mol. The zero-order valence-corrected chi connectivity index (χ0v) is 29.9. The van der Waals surface area contributed by atoms with Crippen molar-refractivity contribution in [3.8, 4) is 0 Å². The summed E-state index contributed by atoms with van der Waals surface area (Å²) in [6, 6.07) is 18.3. The first kappa shape index (κ1) is 35.0. The van der Waals surface area contributed by atoms with Crippen LogP contribution < -0.4 is 0 Å². The third-order valence-corrected chi connectivity index (χ3v) is 11.3. The highest BCUT2D eigenvalue weighted by atomic mass is 16.1. The van der Waals surface area contributed by atoms with Crippen molar-refractivity contribution in [2.24, 2.45) is 23.2 Å². The molecule has 0 amide bonds. The number of hydrogen-bond donors (Lipinski definition) is 0. The van der Waals surface area contributed by atoms with Gasteiger partial charge < -0.3 is 4.90 Å². The van der Waals surface area contributed by atoms with Crippen molar-refractivity contribution in [3.05, 3.63) is 112 Å². The number of ketones is 2. The van der Waals surface area contributed by atoms with Gasteiger partial charge in [0, 0.05) is 35.9 Å². The van der Waals surface area contributed by atoms with Gasteiger partial charge in [-0.3, -0.25) is 9.59 Å². The number of allylic oxidation sites excluding steroid dienone is 6. The van der Waals surface area contributed by atoms with Gasteiger partial charge in [-0.1, -0.05) is 98.7 Å². The summed E-state index contributed by atoms with van der Waals surface area (Å²) in [5.74, 6) is 2.28. The molecule has 250 valence electrons. The van der Waals surface area contributed by atoms with Crippen LogP contribution in [-0.4, -0.2) is 36.6 Å². The van der Waals surface area contributed by atoms with Gasteiger partial charge in [0.2, 0.25) is 0 Å². The fourth-order valence-electron chi connectivity index (χ4n) is 8.33. The molecule has 3 aliphatic carbocycles. The van der Waals surface area contributed by atoms with E-state index in [1.807, 2.05) is 25.2 Å². The number of carbonyl (C=O) groups is 2. The van der Waals surface area contributed by atoms with E-state index in [0.29, 0.717) is 29.0 Å². The van der Waals surface area contributed by atoms with Crippen LogP contribution in [0.25, 0.3) is 5.57 Å². The van der Waals surface area contributed by atoms with Gasteiger partial charge in [-0.2, -0.15) is 0 Å². The predicted octanol–water partition coefficient (Wildman–Crippen LogP) is 10.5. The second-order valence-electron chi connectivity index (χ2n) is 15.4. The number of nitrogens with zero attached hydrogens (tertiary/aromatic N) is 1. The van der Waals surface area contributed by atoms with E-state index in [4.69, 9.17) is 0 Å². The summed E-state index contributed by atoms with van der Waals surface area (Å²) in [5, 5.41) is 0. The highest BCUT2D eigenvalue weighted by Gasteiger charge is 2.49. The van der Waals surface area contributed by atoms with E-state index in [2.05, 4.69) is 87.8 Å². The van der Waals surface area contributed by atoms with Gasteiger partial charge in [-0.25, -0.2) is 0 Å². The maximum atomic E-state index is 12.4. The predicted molar refractivity (Wildman–Crippen MR) is 197 cm³/mol. The van der Waals surface area contributed by atoms with E-state index < -0.39 is 0 Å². The lowest BCUT2D eigenvalue weighted by atomic mass is 9.59. The van der Waals surface area contributed by atoms with E-state index in [1.54, 1.807) is 12.5 Å². The third-order valence-electron chi connectivity index (χ3n) is 11.3. The highest BCUT2D eigenvalue weighted by Crippen LogP contribution is 2.54. The molecule has 3 heteroatoms. The number of Topliss-reactive ketones (excluding diaryl/α,β-unsaturated/α-hetero) is 2. The number of aryl methyl sites for hydroxylation is 1. The maximum absolute atomic E-state index is 12.4. The largest absolute Gasteiger partial charge is 0.305 e. The Morgan fingerprint density at radius 3 is 1.83 bits per heavy atom. The average molecular weight is 632 g/mol. The molecule has 0 atom stereocenters. The Morgan fingerprint density at radius 1 is 0.851 bits per heavy atom. The van der Waals surface area contributed by atoms with Crippen molar-refractivity contribution < 1.29 is 9.59 Å². The van der Waals surface area contributed by atoms with Gasteiger partial charge >= 0.3 is 0 Å². The molecule has 1 aliphatic heterocycles. The van der Waals surface area contributed by atoms with Crippen LogP contribution in [0, 0.1) is 30.1 Å². The molecule has 6 rings (SSSR count). The van der Waals surface area contributed by atoms with Crippen molar-refractivity contribution in [2.45, 2.75) is 98.3 Å². The molecule has 1 saturated heterocycles. The SMILES string of the molecule is C=C/C(=C\C(=C/C)C(C)=O)C1CCC(C(=O)C2CCC2)CC1.Cc1ccc(C(=C2CC3(C2)CN(C)C3)c2ccc(C(C)C)cc2)cc1. The molecule has 0 unspecified atom stereocenters. The topological polar surface area (TPSA) is 37.4 Å². The summed E-state index contributed by atoms with van der Waals surface area (Å²) in [5.41, 5.74) is 11.1. The molecule has 1 spiro atoms. The Hall–Kier alpha value is -3.30. The summed E-state index contributed by atoms with van der Waals surface area (Å²) in [6.45, 7) is 16.6. The van der Waals surface area contributed by atoms with Gasteiger partial charge in [0.05, 0.1) is 0 Å². The van der Waals surface area contributed by atoms with Crippen LogP contribution in [0.15, 0.2) is 90.1 Å². The highest BCUT2D eigenvalue weighted by molar-refractivity contribution is 5.96. The molecule has 0 radical (unpaired) electrons. The standard InChI is InChI=1S/C24H29N.C20H28O2/c1-17(2)19-9-11-21(12-10-19)23(20-7-5-18(3)6-8-20)22-13-24(14-22)15-25(4)16-24;1-4-15(14(3)21)13-16(5-2)17-9-11-19(12-10-17)20(22)18-7-6-8-18/h5-12,17H,13-16H2,1-4H3;4-5,13,17-19H,2,6-12H2,1,3H3/b;15-4+,16-13+. The molecule has 2 aromatic rings. The minimum atomic E-state index is 0.0932. The van der Waals surface area contributed by atoms with Gasteiger partial charge in [0.15, 0.2) is 5.78 Å². The molecule has 2 aromatic carbocycles. The minimum Gasteiger partial charge on any atom is -0.305 e. The van der Waals surface area contributed by atoms with Crippen LogP contribution in [0.3, 0.4) is 0 Å². The van der Waals surface area contributed by atoms with Crippen molar-refractivity contribution in [2.75, 3.05) is 20.1 Å². The quantitative estimate of drug-likeness (QED) is 0.204. The smallest absolute Gasteiger partial charge is 0.159 e. The minimum absolute atomic E-state index is 0.0932. The number of carbonyl (C=O) groups excluding carboxylic acids is 2. The van der Waals surface area contributed by atoms with Gasteiger partial charge in [0.25, 0.3) is 0 Å². The van der Waals surface area contributed by atoms with E-state index in [1.165, 1.54) is 60.2 Å². The molecule has 4 aliphatic rings. The number of hydrogen-bond acceptors (Lipinski definition) is 3. The van der Waals surface area contributed by atoms with Crippen molar-refractivity contribution in [1.29, 1.82) is 0 Å². The average Bonchev–Trinajstić information content (AvgIpc) is 3.00. The van der Waals surface area contributed by atoms with Crippen molar-refractivity contribution in [1.82, 2.24) is 4.90 Å². The van der Waals surface area contributed by atoms with Crippen LogP contribution in [0.4, 0.5) is 0 Å². The van der Waals surface area contributed by atoms with E-state index >= 15 is 0 Å². The summed E-state index contributed by atoms with van der Waals surface area (Å²) < 4.78 is 0. The molecule has 0 N–H and O–H groups in total. The van der Waals surface area contributed by atoms with E-state index in [9.17, 15) is 9.59 Å². The Morgan fingerprint density at radius 2 is 1.38 bits per heavy atom. The molecule has 47 heavy (non-hydrogen) atoms.